The van der Waals surface area contributed by atoms with Gasteiger partial charge in [0.15, 0.2) is 11.5 Å². The first-order chi connectivity index (χ1) is 10.1. The van der Waals surface area contributed by atoms with Gasteiger partial charge in [0.2, 0.25) is 0 Å². The van der Waals surface area contributed by atoms with Crippen LogP contribution in [0.1, 0.15) is 11.1 Å². The quantitative estimate of drug-likeness (QED) is 0.835. The number of hydrogen-bond donors (Lipinski definition) is 1. The summed E-state index contributed by atoms with van der Waals surface area (Å²) in [5.41, 5.74) is 2.21. The maximum absolute atomic E-state index is 10.0. The number of rotatable bonds is 2. The molecule has 1 N–H and O–H groups in total. The van der Waals surface area contributed by atoms with Crippen molar-refractivity contribution in [2.24, 2.45) is 4.99 Å². The van der Waals surface area contributed by atoms with Gasteiger partial charge in [-0.05, 0) is 36.8 Å². The van der Waals surface area contributed by atoms with Crippen molar-refractivity contribution in [1.29, 1.82) is 0 Å². The smallest absolute Gasteiger partial charge is 0.163 e. The van der Waals surface area contributed by atoms with E-state index in [0.29, 0.717) is 24.5 Å². The molecule has 2 aromatic rings. The fraction of sp³-hybridized carbons (Fsp3) is 0.188. The van der Waals surface area contributed by atoms with Crippen LogP contribution < -0.4 is 9.47 Å². The van der Waals surface area contributed by atoms with Crippen LogP contribution in [0.5, 0.6) is 17.2 Å². The Hall–Kier alpha value is -2.01. The Kier molecular flexibility index (Phi) is 3.84. The summed E-state index contributed by atoms with van der Waals surface area (Å²) in [5.74, 6) is 1.67. The van der Waals surface area contributed by atoms with Gasteiger partial charge in [0, 0.05) is 22.3 Å². The van der Waals surface area contributed by atoms with Gasteiger partial charge in [-0.15, -0.1) is 0 Å². The van der Waals surface area contributed by atoms with E-state index in [1.807, 2.05) is 37.3 Å². The van der Waals surface area contributed by atoms with E-state index in [-0.39, 0.29) is 5.75 Å². The van der Waals surface area contributed by atoms with E-state index in [1.54, 1.807) is 6.21 Å². The third-order valence-electron chi connectivity index (χ3n) is 3.17. The van der Waals surface area contributed by atoms with Crippen LogP contribution in [0.25, 0.3) is 0 Å². The van der Waals surface area contributed by atoms with Gasteiger partial charge in [0.1, 0.15) is 19.0 Å². The van der Waals surface area contributed by atoms with Gasteiger partial charge in [-0.3, -0.25) is 4.99 Å². The summed E-state index contributed by atoms with van der Waals surface area (Å²) in [6, 6.07) is 9.20. The molecule has 1 aliphatic heterocycles. The van der Waals surface area contributed by atoms with Crippen molar-refractivity contribution in [3.05, 3.63) is 45.9 Å². The maximum Gasteiger partial charge on any atom is 0.163 e. The van der Waals surface area contributed by atoms with Crippen LogP contribution in [-0.2, 0) is 0 Å². The molecule has 0 spiro atoms. The molecule has 1 heterocycles. The molecular weight excluding hydrogens is 334 g/mol. The standard InChI is InChI=1S/C16H14BrNO3/c1-10-6-12(17)7-11(16(10)19)9-18-13-2-3-14-15(8-13)21-5-4-20-14/h2-3,6-9,19H,4-5H2,1H3. The number of aryl methyl sites for hydroxylation is 1. The molecule has 3 rings (SSSR count). The van der Waals surface area contributed by atoms with E-state index in [2.05, 4.69) is 20.9 Å². The molecule has 4 nitrogen and oxygen atoms in total. The molecule has 0 saturated carbocycles. The van der Waals surface area contributed by atoms with Crippen LogP contribution in [0.2, 0.25) is 0 Å². The van der Waals surface area contributed by atoms with Gasteiger partial charge in [-0.2, -0.15) is 0 Å². The highest BCUT2D eigenvalue weighted by Gasteiger charge is 2.11. The van der Waals surface area contributed by atoms with Crippen LogP contribution in [0.15, 0.2) is 39.8 Å². The average Bonchev–Trinajstić information content (AvgIpc) is 2.49. The lowest BCUT2D eigenvalue weighted by molar-refractivity contribution is 0.171. The van der Waals surface area contributed by atoms with Crippen molar-refractivity contribution in [3.63, 3.8) is 0 Å². The molecule has 0 aromatic heterocycles. The molecule has 108 valence electrons. The molecule has 0 aliphatic carbocycles. The monoisotopic (exact) mass is 347 g/mol. The third-order valence-corrected chi connectivity index (χ3v) is 3.63. The Balaban J connectivity index is 1.89. The van der Waals surface area contributed by atoms with E-state index in [9.17, 15) is 5.11 Å². The van der Waals surface area contributed by atoms with E-state index in [1.165, 1.54) is 0 Å². The largest absolute Gasteiger partial charge is 0.507 e. The summed E-state index contributed by atoms with van der Waals surface area (Å²) in [5, 5.41) is 10.0. The number of fused-ring (bicyclic) bond motifs is 1. The van der Waals surface area contributed by atoms with Crippen molar-refractivity contribution in [2.45, 2.75) is 6.92 Å². The molecule has 0 saturated heterocycles. The fourth-order valence-corrected chi connectivity index (χ4v) is 2.71. The predicted octanol–water partition coefficient (Wildman–Crippen LogP) is 3.98. The molecule has 0 bridgehead atoms. The Morgan fingerprint density at radius 1 is 1.14 bits per heavy atom. The summed E-state index contributed by atoms with van der Waals surface area (Å²) in [4.78, 5) is 4.39. The molecule has 5 heteroatoms. The fourth-order valence-electron chi connectivity index (χ4n) is 2.12. The molecule has 0 unspecified atom stereocenters. The number of hydrogen-bond acceptors (Lipinski definition) is 4. The summed E-state index contributed by atoms with van der Waals surface area (Å²) in [6.45, 7) is 2.97. The van der Waals surface area contributed by atoms with E-state index >= 15 is 0 Å². The first kappa shape index (κ1) is 13.9. The van der Waals surface area contributed by atoms with Crippen molar-refractivity contribution in [1.82, 2.24) is 0 Å². The summed E-state index contributed by atoms with van der Waals surface area (Å²) in [6.07, 6.45) is 1.64. The molecular formula is C16H14BrNO3. The van der Waals surface area contributed by atoms with Crippen LogP contribution in [0.3, 0.4) is 0 Å². The highest BCUT2D eigenvalue weighted by atomic mass is 79.9. The van der Waals surface area contributed by atoms with Crippen LogP contribution in [0.4, 0.5) is 5.69 Å². The van der Waals surface area contributed by atoms with E-state index in [0.717, 1.165) is 21.5 Å². The Bertz CT molecular complexity index is 713. The van der Waals surface area contributed by atoms with Gasteiger partial charge in [0.05, 0.1) is 5.69 Å². The van der Waals surface area contributed by atoms with Crippen LogP contribution >= 0.6 is 15.9 Å². The van der Waals surface area contributed by atoms with Gasteiger partial charge < -0.3 is 14.6 Å². The molecule has 0 radical (unpaired) electrons. The molecule has 0 fully saturated rings. The number of ether oxygens (including phenoxy) is 2. The third kappa shape index (κ3) is 3.03. The van der Waals surface area contributed by atoms with Gasteiger partial charge >= 0.3 is 0 Å². The lowest BCUT2D eigenvalue weighted by atomic mass is 10.1. The zero-order valence-electron chi connectivity index (χ0n) is 11.5. The highest BCUT2D eigenvalue weighted by Crippen LogP contribution is 2.34. The average molecular weight is 348 g/mol. The number of benzene rings is 2. The number of halogens is 1. The maximum atomic E-state index is 10.0. The minimum atomic E-state index is 0.236. The molecule has 1 aliphatic rings. The summed E-state index contributed by atoms with van der Waals surface area (Å²) < 4.78 is 11.9. The zero-order valence-corrected chi connectivity index (χ0v) is 13.1. The van der Waals surface area contributed by atoms with Gasteiger partial charge in [-0.1, -0.05) is 15.9 Å². The Morgan fingerprint density at radius 2 is 1.90 bits per heavy atom. The summed E-state index contributed by atoms with van der Waals surface area (Å²) >= 11 is 3.41. The van der Waals surface area contributed by atoms with Crippen molar-refractivity contribution >= 4 is 27.8 Å². The SMILES string of the molecule is Cc1cc(Br)cc(C=Nc2ccc3c(c2)OCCO3)c1O. The highest BCUT2D eigenvalue weighted by molar-refractivity contribution is 9.10. The minimum absolute atomic E-state index is 0.236. The lowest BCUT2D eigenvalue weighted by Crippen LogP contribution is -2.14. The number of phenols is 1. The van der Waals surface area contributed by atoms with Gasteiger partial charge in [-0.25, -0.2) is 0 Å². The zero-order chi connectivity index (χ0) is 14.8. The van der Waals surface area contributed by atoms with Gasteiger partial charge in [0.25, 0.3) is 0 Å². The van der Waals surface area contributed by atoms with Crippen molar-refractivity contribution < 1.29 is 14.6 Å². The second-order valence-corrected chi connectivity index (χ2v) is 5.66. The first-order valence-electron chi connectivity index (χ1n) is 6.56. The van der Waals surface area contributed by atoms with Crippen LogP contribution in [-0.4, -0.2) is 24.5 Å². The minimum Gasteiger partial charge on any atom is -0.507 e. The topological polar surface area (TPSA) is 51.0 Å². The van der Waals surface area contributed by atoms with Crippen LogP contribution in [0, 0.1) is 6.92 Å². The van der Waals surface area contributed by atoms with E-state index < -0.39 is 0 Å². The number of phenolic OH excluding ortho intramolecular Hbond substituents is 1. The van der Waals surface area contributed by atoms with Crippen molar-refractivity contribution in [2.75, 3.05) is 13.2 Å². The molecule has 2 aromatic carbocycles. The number of aromatic hydroxyl groups is 1. The number of nitrogens with zero attached hydrogens (tertiary/aromatic N) is 1. The second kappa shape index (κ2) is 5.77. The van der Waals surface area contributed by atoms with E-state index in [4.69, 9.17) is 9.47 Å². The predicted molar refractivity (Wildman–Crippen MR) is 85.2 cm³/mol. The molecule has 21 heavy (non-hydrogen) atoms. The Labute approximate surface area is 131 Å². The Morgan fingerprint density at radius 3 is 2.71 bits per heavy atom. The number of aliphatic imine (C=N–C) groups is 1. The molecule has 0 amide bonds. The van der Waals surface area contributed by atoms with Crippen molar-refractivity contribution in [3.8, 4) is 17.2 Å². The second-order valence-electron chi connectivity index (χ2n) is 4.75. The first-order valence-corrected chi connectivity index (χ1v) is 7.35. The lowest BCUT2D eigenvalue weighted by Gasteiger charge is -2.18. The summed E-state index contributed by atoms with van der Waals surface area (Å²) in [7, 11) is 0. The normalized spacial score (nSPS) is 13.6. The molecule has 0 atom stereocenters.